The molecule has 29 heavy (non-hydrogen) atoms. The molecule has 8 nitrogen and oxygen atoms in total. The molecule has 1 N–H and O–H groups in total. The monoisotopic (exact) mass is 399 g/mol. The zero-order valence-corrected chi connectivity index (χ0v) is 17.8. The van der Waals surface area contributed by atoms with Crippen molar-refractivity contribution in [2.75, 3.05) is 25.1 Å². The quantitative estimate of drug-likeness (QED) is 0.844. The summed E-state index contributed by atoms with van der Waals surface area (Å²) < 4.78 is 10.1. The van der Waals surface area contributed by atoms with Crippen LogP contribution in [0.2, 0.25) is 0 Å². The number of rotatable bonds is 3. The number of hydrogen-bond donors (Lipinski definition) is 1. The molecule has 0 bridgehead atoms. The Morgan fingerprint density at radius 1 is 1.17 bits per heavy atom. The molecule has 4 rings (SSSR count). The van der Waals surface area contributed by atoms with Gasteiger partial charge in [-0.3, -0.25) is 0 Å². The van der Waals surface area contributed by atoms with Crippen molar-refractivity contribution >= 4 is 11.9 Å². The lowest BCUT2D eigenvalue weighted by Crippen LogP contribution is -2.55. The van der Waals surface area contributed by atoms with Crippen LogP contribution in [0.25, 0.3) is 11.3 Å². The van der Waals surface area contributed by atoms with Gasteiger partial charge in [-0.05, 0) is 58.8 Å². The van der Waals surface area contributed by atoms with Crippen LogP contribution < -0.4 is 10.2 Å². The third-order valence-electron chi connectivity index (χ3n) is 6.49. The number of methoxy groups -OCH3 is 1. The first-order valence-electron chi connectivity index (χ1n) is 10.2. The lowest BCUT2D eigenvalue weighted by Gasteiger charge is -2.52. The molecule has 1 aliphatic heterocycles. The van der Waals surface area contributed by atoms with Crippen molar-refractivity contribution in [1.82, 2.24) is 20.4 Å². The second-order valence-electron chi connectivity index (χ2n) is 8.50. The van der Waals surface area contributed by atoms with E-state index in [9.17, 15) is 4.79 Å². The highest BCUT2D eigenvalue weighted by Gasteiger charge is 2.46. The van der Waals surface area contributed by atoms with Gasteiger partial charge in [-0.25, -0.2) is 14.8 Å². The van der Waals surface area contributed by atoms with Gasteiger partial charge in [0.05, 0.1) is 24.1 Å². The van der Waals surface area contributed by atoms with Gasteiger partial charge in [0.1, 0.15) is 17.4 Å². The summed E-state index contributed by atoms with van der Waals surface area (Å²) in [5.41, 5.74) is 4.14. The van der Waals surface area contributed by atoms with Gasteiger partial charge in [0.2, 0.25) is 0 Å². The number of amides is 1. The molecule has 1 saturated heterocycles. The van der Waals surface area contributed by atoms with E-state index in [1.807, 2.05) is 20.8 Å². The topological polar surface area (TPSA) is 93.4 Å². The summed E-state index contributed by atoms with van der Waals surface area (Å²) in [7, 11) is 1.41. The van der Waals surface area contributed by atoms with E-state index in [1.165, 1.54) is 7.11 Å². The Balaban J connectivity index is 1.49. The molecule has 3 heterocycles. The van der Waals surface area contributed by atoms with Gasteiger partial charge in [0.15, 0.2) is 0 Å². The standard InChI is InChI=1S/C21H29N5O3/c1-12-18(17-13(2)25-29-14(17)3)22-15(4)23-19(12)26-8-6-21(7-9-26)10-16(11-21)24-20(27)28-5/h16H,6-11H2,1-5H3,(H,24,27). The number of aryl methyl sites for hydroxylation is 3. The molecule has 0 atom stereocenters. The number of anilines is 1. The van der Waals surface area contributed by atoms with E-state index in [0.717, 1.165) is 78.7 Å². The predicted octanol–water partition coefficient (Wildman–Crippen LogP) is 3.47. The van der Waals surface area contributed by atoms with Crippen molar-refractivity contribution in [3.05, 3.63) is 22.8 Å². The van der Waals surface area contributed by atoms with Gasteiger partial charge in [-0.2, -0.15) is 0 Å². The molecular formula is C21H29N5O3. The number of aromatic nitrogens is 3. The van der Waals surface area contributed by atoms with Crippen LogP contribution in [-0.2, 0) is 4.74 Å². The third-order valence-corrected chi connectivity index (χ3v) is 6.49. The second kappa shape index (κ2) is 7.31. The Bertz CT molecular complexity index is 903. The largest absolute Gasteiger partial charge is 0.453 e. The Labute approximate surface area is 171 Å². The first kappa shape index (κ1) is 19.7. The molecule has 1 saturated carbocycles. The van der Waals surface area contributed by atoms with E-state index >= 15 is 0 Å². The van der Waals surface area contributed by atoms with Gasteiger partial charge >= 0.3 is 6.09 Å². The molecule has 156 valence electrons. The average Bonchev–Trinajstić information content (AvgIpc) is 3.01. The van der Waals surface area contributed by atoms with E-state index in [0.29, 0.717) is 5.41 Å². The normalized spacial score (nSPS) is 18.6. The van der Waals surface area contributed by atoms with Crippen molar-refractivity contribution < 1.29 is 14.1 Å². The minimum Gasteiger partial charge on any atom is -0.453 e. The lowest BCUT2D eigenvalue weighted by atomic mass is 9.60. The van der Waals surface area contributed by atoms with E-state index in [4.69, 9.17) is 19.2 Å². The SMILES string of the molecule is COC(=O)NC1CC2(CCN(c3nc(C)nc(-c4c(C)noc4C)c3C)CC2)C1. The molecule has 0 radical (unpaired) electrons. The molecule has 1 spiro atoms. The Kier molecular flexibility index (Phi) is 4.96. The summed E-state index contributed by atoms with van der Waals surface area (Å²) >= 11 is 0. The predicted molar refractivity (Wildman–Crippen MR) is 109 cm³/mol. The minimum atomic E-state index is -0.332. The van der Waals surface area contributed by atoms with Crippen LogP contribution in [0, 0.1) is 33.1 Å². The number of hydrogen-bond acceptors (Lipinski definition) is 7. The van der Waals surface area contributed by atoms with Crippen molar-refractivity contribution in [3.63, 3.8) is 0 Å². The first-order chi connectivity index (χ1) is 13.8. The van der Waals surface area contributed by atoms with Crippen molar-refractivity contribution in [2.45, 2.75) is 59.4 Å². The number of ether oxygens (including phenoxy) is 1. The minimum absolute atomic E-state index is 0.239. The van der Waals surface area contributed by atoms with Crippen LogP contribution in [0.5, 0.6) is 0 Å². The lowest BCUT2D eigenvalue weighted by molar-refractivity contribution is 0.0507. The number of nitrogens with one attached hydrogen (secondary N) is 1. The average molecular weight is 399 g/mol. The summed E-state index contributed by atoms with van der Waals surface area (Å²) in [5.74, 6) is 2.55. The number of alkyl carbamates (subject to hydrolysis) is 1. The molecule has 0 aromatic carbocycles. The molecule has 8 heteroatoms. The van der Waals surface area contributed by atoms with E-state index < -0.39 is 0 Å². The van der Waals surface area contributed by atoms with Gasteiger partial charge in [0, 0.05) is 24.7 Å². The van der Waals surface area contributed by atoms with E-state index in [1.54, 1.807) is 0 Å². The first-order valence-corrected chi connectivity index (χ1v) is 10.2. The fourth-order valence-electron chi connectivity index (χ4n) is 4.90. The van der Waals surface area contributed by atoms with E-state index in [2.05, 4.69) is 22.3 Å². The van der Waals surface area contributed by atoms with Crippen LogP contribution in [0.4, 0.5) is 10.6 Å². The van der Waals surface area contributed by atoms with Crippen molar-refractivity contribution in [1.29, 1.82) is 0 Å². The summed E-state index contributed by atoms with van der Waals surface area (Å²) in [6.07, 6.45) is 3.94. The van der Waals surface area contributed by atoms with Gasteiger partial charge in [-0.1, -0.05) is 5.16 Å². The maximum Gasteiger partial charge on any atom is 0.407 e. The zero-order valence-electron chi connectivity index (χ0n) is 17.8. The van der Waals surface area contributed by atoms with Crippen LogP contribution in [0.1, 0.15) is 48.5 Å². The summed E-state index contributed by atoms with van der Waals surface area (Å²) in [4.78, 5) is 23.3. The molecular weight excluding hydrogens is 370 g/mol. The van der Waals surface area contributed by atoms with Crippen LogP contribution >= 0.6 is 0 Å². The fourth-order valence-corrected chi connectivity index (χ4v) is 4.90. The maximum atomic E-state index is 11.4. The molecule has 2 aliphatic rings. The van der Waals surface area contributed by atoms with Gasteiger partial charge in [-0.15, -0.1) is 0 Å². The van der Waals surface area contributed by atoms with Crippen LogP contribution in [-0.4, -0.2) is 47.5 Å². The van der Waals surface area contributed by atoms with Crippen molar-refractivity contribution in [3.8, 4) is 11.3 Å². The third kappa shape index (κ3) is 3.56. The molecule has 2 aromatic rings. The van der Waals surface area contributed by atoms with Crippen LogP contribution in [0.15, 0.2) is 4.52 Å². The maximum absolute atomic E-state index is 11.4. The van der Waals surface area contributed by atoms with E-state index in [-0.39, 0.29) is 12.1 Å². The van der Waals surface area contributed by atoms with Crippen molar-refractivity contribution in [2.24, 2.45) is 5.41 Å². The Morgan fingerprint density at radius 3 is 2.45 bits per heavy atom. The highest BCUT2D eigenvalue weighted by Crippen LogP contribution is 2.49. The zero-order chi connectivity index (χ0) is 20.8. The van der Waals surface area contributed by atoms with Crippen LogP contribution in [0.3, 0.4) is 0 Å². The smallest absolute Gasteiger partial charge is 0.407 e. The number of carbonyl (C=O) groups excluding carboxylic acids is 1. The van der Waals surface area contributed by atoms with Gasteiger partial charge < -0.3 is 19.5 Å². The molecule has 1 aliphatic carbocycles. The highest BCUT2D eigenvalue weighted by molar-refractivity contribution is 5.71. The molecule has 1 amide bonds. The second-order valence-corrected chi connectivity index (χ2v) is 8.50. The Morgan fingerprint density at radius 2 is 1.86 bits per heavy atom. The summed E-state index contributed by atoms with van der Waals surface area (Å²) in [6.45, 7) is 9.81. The molecule has 0 unspecified atom stereocenters. The van der Waals surface area contributed by atoms with Gasteiger partial charge in [0.25, 0.3) is 0 Å². The number of piperidine rings is 1. The number of nitrogens with zero attached hydrogens (tertiary/aromatic N) is 4. The fraction of sp³-hybridized carbons (Fsp3) is 0.619. The highest BCUT2D eigenvalue weighted by atomic mass is 16.5. The number of carbonyl (C=O) groups is 1. The molecule has 2 aromatic heterocycles. The Hall–Kier alpha value is -2.64. The summed E-state index contributed by atoms with van der Waals surface area (Å²) in [5, 5.41) is 7.01. The molecule has 2 fully saturated rings. The summed E-state index contributed by atoms with van der Waals surface area (Å²) in [6, 6.07) is 0.239.